The van der Waals surface area contributed by atoms with E-state index in [1.54, 1.807) is 29.0 Å². The van der Waals surface area contributed by atoms with Gasteiger partial charge in [0, 0.05) is 44.7 Å². The number of piperazine rings is 1. The highest BCUT2D eigenvalue weighted by Crippen LogP contribution is 2.30. The van der Waals surface area contributed by atoms with Crippen molar-refractivity contribution >= 4 is 17.7 Å². The zero-order chi connectivity index (χ0) is 23.4. The third-order valence-electron chi connectivity index (χ3n) is 6.07. The van der Waals surface area contributed by atoms with Crippen LogP contribution in [0.15, 0.2) is 78.9 Å². The summed E-state index contributed by atoms with van der Waals surface area (Å²) in [6.07, 6.45) is 0. The molecule has 0 radical (unpaired) electrons. The average molecular weight is 442 g/mol. The Balaban J connectivity index is 1.66. The van der Waals surface area contributed by atoms with Crippen molar-refractivity contribution in [1.82, 2.24) is 15.1 Å². The summed E-state index contributed by atoms with van der Waals surface area (Å²) in [7, 11) is 1.59. The van der Waals surface area contributed by atoms with E-state index in [4.69, 9.17) is 0 Å². The zero-order valence-electron chi connectivity index (χ0n) is 18.8. The van der Waals surface area contributed by atoms with E-state index in [0.717, 1.165) is 16.7 Å². The predicted molar refractivity (Wildman–Crippen MR) is 128 cm³/mol. The minimum Gasteiger partial charge on any atom is -0.355 e. The lowest BCUT2D eigenvalue weighted by atomic mass is 9.96. The molecule has 6 heteroatoms. The van der Waals surface area contributed by atoms with E-state index in [1.165, 1.54) is 6.92 Å². The van der Waals surface area contributed by atoms with Gasteiger partial charge >= 0.3 is 0 Å². The summed E-state index contributed by atoms with van der Waals surface area (Å²) in [6.45, 7) is 2.78. The van der Waals surface area contributed by atoms with E-state index in [2.05, 4.69) is 5.32 Å². The van der Waals surface area contributed by atoms with Gasteiger partial charge in [0.1, 0.15) is 0 Å². The lowest BCUT2D eigenvalue weighted by Crippen LogP contribution is -2.52. The van der Waals surface area contributed by atoms with Crippen LogP contribution in [0.25, 0.3) is 11.1 Å². The Morgan fingerprint density at radius 3 is 2.33 bits per heavy atom. The molecule has 3 amide bonds. The topological polar surface area (TPSA) is 69.7 Å². The lowest BCUT2D eigenvalue weighted by molar-refractivity contribution is -0.133. The van der Waals surface area contributed by atoms with Crippen molar-refractivity contribution in [2.75, 3.05) is 26.7 Å². The molecule has 1 N–H and O–H groups in total. The van der Waals surface area contributed by atoms with Crippen LogP contribution in [0.3, 0.4) is 0 Å². The van der Waals surface area contributed by atoms with Gasteiger partial charge in [0.2, 0.25) is 5.91 Å². The van der Waals surface area contributed by atoms with Gasteiger partial charge < -0.3 is 15.1 Å². The summed E-state index contributed by atoms with van der Waals surface area (Å²) in [5.41, 5.74) is 3.86. The Labute approximate surface area is 193 Å². The molecule has 3 aromatic rings. The van der Waals surface area contributed by atoms with Crippen LogP contribution in [-0.4, -0.2) is 54.2 Å². The molecule has 0 spiro atoms. The molecule has 6 nitrogen and oxygen atoms in total. The van der Waals surface area contributed by atoms with Crippen molar-refractivity contribution in [2.24, 2.45) is 0 Å². The molecule has 0 bridgehead atoms. The van der Waals surface area contributed by atoms with Gasteiger partial charge in [-0.2, -0.15) is 0 Å². The summed E-state index contributed by atoms with van der Waals surface area (Å²) in [5.74, 6) is -0.306. The lowest BCUT2D eigenvalue weighted by Gasteiger charge is -2.41. The number of rotatable bonds is 4. The molecular weight excluding hydrogens is 414 g/mol. The molecule has 0 aromatic heterocycles. The molecule has 4 rings (SSSR count). The molecule has 1 saturated heterocycles. The van der Waals surface area contributed by atoms with Gasteiger partial charge in [0.05, 0.1) is 6.04 Å². The van der Waals surface area contributed by atoms with E-state index in [1.807, 2.05) is 66.7 Å². The van der Waals surface area contributed by atoms with E-state index < -0.39 is 0 Å². The standard InChI is InChI=1S/C27H27N3O3/c1-19(31)30-16-15-29(18-25(30)21-11-8-12-22(17-21)26(32)28-2)27(33)24-14-7-6-13-23(24)20-9-4-3-5-10-20/h3-14,17,25H,15-16,18H2,1-2H3,(H,28,32)/t25-/m0/s1. The third-order valence-corrected chi connectivity index (χ3v) is 6.07. The van der Waals surface area contributed by atoms with Crippen LogP contribution >= 0.6 is 0 Å². The second-order valence-corrected chi connectivity index (χ2v) is 8.10. The number of hydrogen-bond donors (Lipinski definition) is 1. The average Bonchev–Trinajstić information content (AvgIpc) is 2.88. The molecule has 1 atom stereocenters. The largest absolute Gasteiger partial charge is 0.355 e. The molecule has 1 heterocycles. The fourth-order valence-electron chi connectivity index (χ4n) is 4.37. The van der Waals surface area contributed by atoms with Gasteiger partial charge in [-0.25, -0.2) is 0 Å². The summed E-state index contributed by atoms with van der Waals surface area (Å²) < 4.78 is 0. The Bertz CT molecular complexity index is 1180. The number of nitrogens with one attached hydrogen (secondary N) is 1. The van der Waals surface area contributed by atoms with Crippen molar-refractivity contribution in [3.8, 4) is 11.1 Å². The number of nitrogens with zero attached hydrogens (tertiary/aromatic N) is 2. The van der Waals surface area contributed by atoms with Crippen molar-refractivity contribution in [2.45, 2.75) is 13.0 Å². The Morgan fingerprint density at radius 2 is 1.61 bits per heavy atom. The Hall–Kier alpha value is -3.93. The molecule has 3 aromatic carbocycles. The van der Waals surface area contributed by atoms with Crippen LogP contribution in [0.2, 0.25) is 0 Å². The summed E-state index contributed by atoms with van der Waals surface area (Å²) >= 11 is 0. The molecule has 0 aliphatic carbocycles. The second-order valence-electron chi connectivity index (χ2n) is 8.10. The monoisotopic (exact) mass is 441 g/mol. The van der Waals surface area contributed by atoms with E-state index in [-0.39, 0.29) is 23.8 Å². The highest BCUT2D eigenvalue weighted by atomic mass is 16.2. The van der Waals surface area contributed by atoms with Crippen molar-refractivity contribution in [3.63, 3.8) is 0 Å². The quantitative estimate of drug-likeness (QED) is 0.670. The first-order valence-electron chi connectivity index (χ1n) is 11.0. The van der Waals surface area contributed by atoms with E-state index >= 15 is 0 Å². The van der Waals surface area contributed by atoms with Crippen LogP contribution in [0.1, 0.15) is 39.2 Å². The minimum atomic E-state index is -0.325. The van der Waals surface area contributed by atoms with Crippen LogP contribution in [0.4, 0.5) is 0 Å². The molecule has 0 saturated carbocycles. The first-order chi connectivity index (χ1) is 16.0. The van der Waals surface area contributed by atoms with E-state index in [9.17, 15) is 14.4 Å². The fraction of sp³-hybridized carbons (Fsp3) is 0.222. The van der Waals surface area contributed by atoms with Gasteiger partial charge in [-0.15, -0.1) is 0 Å². The summed E-state index contributed by atoms with van der Waals surface area (Å²) in [4.78, 5) is 41.7. The molecule has 168 valence electrons. The highest BCUT2D eigenvalue weighted by Gasteiger charge is 2.33. The number of carbonyl (C=O) groups excluding carboxylic acids is 3. The second kappa shape index (κ2) is 9.69. The maximum atomic E-state index is 13.6. The number of benzene rings is 3. The number of hydrogen-bond acceptors (Lipinski definition) is 3. The molecule has 0 unspecified atom stereocenters. The van der Waals surface area contributed by atoms with Crippen molar-refractivity contribution < 1.29 is 14.4 Å². The molecule has 1 aliphatic heterocycles. The van der Waals surface area contributed by atoms with Crippen molar-refractivity contribution in [3.05, 3.63) is 95.6 Å². The maximum Gasteiger partial charge on any atom is 0.254 e. The zero-order valence-corrected chi connectivity index (χ0v) is 18.8. The molecular formula is C27H27N3O3. The number of carbonyl (C=O) groups is 3. The van der Waals surface area contributed by atoms with Gasteiger partial charge in [-0.3, -0.25) is 14.4 Å². The Kier molecular flexibility index (Phi) is 6.54. The smallest absolute Gasteiger partial charge is 0.254 e. The van der Waals surface area contributed by atoms with Gasteiger partial charge in [0.25, 0.3) is 11.8 Å². The van der Waals surface area contributed by atoms with Crippen LogP contribution in [0.5, 0.6) is 0 Å². The molecule has 33 heavy (non-hydrogen) atoms. The van der Waals surface area contributed by atoms with Gasteiger partial charge in [0.15, 0.2) is 0 Å². The number of amides is 3. The van der Waals surface area contributed by atoms with E-state index in [0.29, 0.717) is 30.8 Å². The van der Waals surface area contributed by atoms with Gasteiger partial charge in [-0.1, -0.05) is 60.7 Å². The highest BCUT2D eigenvalue weighted by molar-refractivity contribution is 6.01. The van der Waals surface area contributed by atoms with Crippen LogP contribution < -0.4 is 5.32 Å². The predicted octanol–water partition coefficient (Wildman–Crippen LogP) is 3.76. The normalized spacial score (nSPS) is 15.8. The first-order valence-corrected chi connectivity index (χ1v) is 11.0. The van der Waals surface area contributed by atoms with Crippen LogP contribution in [0, 0.1) is 0 Å². The maximum absolute atomic E-state index is 13.6. The minimum absolute atomic E-state index is 0.0536. The van der Waals surface area contributed by atoms with Gasteiger partial charge in [-0.05, 0) is 34.9 Å². The fourth-order valence-corrected chi connectivity index (χ4v) is 4.37. The Morgan fingerprint density at radius 1 is 0.879 bits per heavy atom. The summed E-state index contributed by atoms with van der Waals surface area (Å²) in [6, 6.07) is 24.4. The summed E-state index contributed by atoms with van der Waals surface area (Å²) in [5, 5.41) is 2.63. The first kappa shape index (κ1) is 22.3. The van der Waals surface area contributed by atoms with Crippen LogP contribution in [-0.2, 0) is 4.79 Å². The molecule has 1 fully saturated rings. The SMILES string of the molecule is CNC(=O)c1cccc([C@@H]2CN(C(=O)c3ccccc3-c3ccccc3)CCN2C(C)=O)c1. The van der Waals surface area contributed by atoms with Crippen molar-refractivity contribution in [1.29, 1.82) is 0 Å². The third kappa shape index (κ3) is 4.65. The molecule has 1 aliphatic rings.